The molecule has 0 aromatic heterocycles. The van der Waals surface area contributed by atoms with Crippen LogP contribution < -0.4 is 14.8 Å². The maximum absolute atomic E-state index is 12.2. The van der Waals surface area contributed by atoms with Crippen LogP contribution in [0.4, 0.5) is 11.4 Å². The molecule has 10 heteroatoms. The zero-order chi connectivity index (χ0) is 20.7. The molecule has 9 nitrogen and oxygen atoms in total. The Morgan fingerprint density at radius 1 is 1.21 bits per heavy atom. The summed E-state index contributed by atoms with van der Waals surface area (Å²) < 4.78 is 15.3. The summed E-state index contributed by atoms with van der Waals surface area (Å²) in [7, 11) is 1.36. The van der Waals surface area contributed by atoms with Crippen molar-refractivity contribution in [3.8, 4) is 11.5 Å². The first kappa shape index (κ1) is 21.0. The van der Waals surface area contributed by atoms with Crippen molar-refractivity contribution < 1.29 is 28.7 Å². The molecule has 0 bridgehead atoms. The van der Waals surface area contributed by atoms with Crippen LogP contribution in [-0.4, -0.2) is 36.6 Å². The number of ether oxygens (including phenoxy) is 3. The number of hydrogen-bond acceptors (Lipinski definition) is 7. The monoisotopic (exact) mass is 408 g/mol. The van der Waals surface area contributed by atoms with E-state index in [-0.39, 0.29) is 17.1 Å². The molecule has 0 aliphatic rings. The van der Waals surface area contributed by atoms with Crippen LogP contribution in [0, 0.1) is 10.1 Å². The highest BCUT2D eigenvalue weighted by Gasteiger charge is 2.21. The Kier molecular flexibility index (Phi) is 7.16. The normalized spacial score (nSPS) is 11.2. The summed E-state index contributed by atoms with van der Waals surface area (Å²) >= 11 is 5.76. The minimum atomic E-state index is -1.16. The maximum Gasteiger partial charge on any atom is 0.344 e. The molecule has 2 rings (SSSR count). The van der Waals surface area contributed by atoms with Gasteiger partial charge in [0.2, 0.25) is 0 Å². The lowest BCUT2D eigenvalue weighted by atomic mass is 10.2. The Hall–Kier alpha value is -3.33. The van der Waals surface area contributed by atoms with Crippen molar-refractivity contribution in [1.29, 1.82) is 0 Å². The number of anilines is 1. The van der Waals surface area contributed by atoms with Crippen molar-refractivity contribution in [1.82, 2.24) is 0 Å². The molecular weight excluding hydrogens is 392 g/mol. The van der Waals surface area contributed by atoms with Crippen LogP contribution in [0.25, 0.3) is 0 Å². The van der Waals surface area contributed by atoms with Gasteiger partial charge in [-0.05, 0) is 37.3 Å². The van der Waals surface area contributed by atoms with Gasteiger partial charge in [-0.25, -0.2) is 4.79 Å². The van der Waals surface area contributed by atoms with Gasteiger partial charge in [0.25, 0.3) is 11.6 Å². The molecular formula is C18H17ClN2O7. The fourth-order valence-electron chi connectivity index (χ4n) is 2.10. The van der Waals surface area contributed by atoms with Crippen LogP contribution in [0.15, 0.2) is 42.5 Å². The van der Waals surface area contributed by atoms with Crippen LogP contribution in [0.2, 0.25) is 5.02 Å². The molecule has 0 heterocycles. The number of nitro benzene ring substituents is 1. The van der Waals surface area contributed by atoms with Gasteiger partial charge in [-0.3, -0.25) is 14.9 Å². The standard InChI is InChI=1S/C18H17ClN2O7/c1-11(28-17(22)10-27-14-6-3-12(19)4-7-14)18(23)20-15-9-13(21(24)25)5-8-16(15)26-2/h3-9,11H,10H2,1-2H3,(H,20,23)/t11-/m0/s1. The van der Waals surface area contributed by atoms with Crippen LogP contribution in [-0.2, 0) is 14.3 Å². The molecule has 0 aliphatic carbocycles. The highest BCUT2D eigenvalue weighted by Crippen LogP contribution is 2.29. The Bertz CT molecular complexity index is 871. The SMILES string of the molecule is COc1ccc([N+](=O)[O-])cc1NC(=O)[C@H](C)OC(=O)COc1ccc(Cl)cc1. The first-order valence-corrected chi connectivity index (χ1v) is 8.39. The van der Waals surface area contributed by atoms with E-state index in [1.54, 1.807) is 24.3 Å². The van der Waals surface area contributed by atoms with Crippen molar-refractivity contribution >= 4 is 34.9 Å². The molecule has 1 amide bonds. The third-order valence-electron chi connectivity index (χ3n) is 3.50. The second-order valence-corrected chi connectivity index (χ2v) is 5.94. The van der Waals surface area contributed by atoms with E-state index in [1.165, 1.54) is 26.2 Å². The number of esters is 1. The molecule has 0 aliphatic heterocycles. The van der Waals surface area contributed by atoms with Crippen molar-refractivity contribution in [2.45, 2.75) is 13.0 Å². The number of nitro groups is 1. The van der Waals surface area contributed by atoms with Gasteiger partial charge in [-0.1, -0.05) is 11.6 Å². The number of amides is 1. The summed E-state index contributed by atoms with van der Waals surface area (Å²) in [6.07, 6.45) is -1.16. The van der Waals surface area contributed by atoms with E-state index in [1.807, 2.05) is 0 Å². The van der Waals surface area contributed by atoms with E-state index in [0.29, 0.717) is 10.8 Å². The van der Waals surface area contributed by atoms with Crippen LogP contribution in [0.5, 0.6) is 11.5 Å². The third kappa shape index (κ3) is 5.85. The molecule has 0 radical (unpaired) electrons. The molecule has 0 unspecified atom stereocenters. The average molecular weight is 409 g/mol. The van der Waals surface area contributed by atoms with Crippen molar-refractivity contribution in [3.05, 3.63) is 57.6 Å². The van der Waals surface area contributed by atoms with Gasteiger partial charge in [-0.15, -0.1) is 0 Å². The molecule has 0 spiro atoms. The topological polar surface area (TPSA) is 117 Å². The second-order valence-electron chi connectivity index (χ2n) is 5.51. The zero-order valence-electron chi connectivity index (χ0n) is 15.0. The molecule has 0 fully saturated rings. The first-order valence-electron chi connectivity index (χ1n) is 8.01. The highest BCUT2D eigenvalue weighted by molar-refractivity contribution is 6.30. The lowest BCUT2D eigenvalue weighted by Crippen LogP contribution is -2.31. The molecule has 0 saturated heterocycles. The van der Waals surface area contributed by atoms with Crippen LogP contribution in [0.1, 0.15) is 6.92 Å². The van der Waals surface area contributed by atoms with Crippen LogP contribution in [0.3, 0.4) is 0 Å². The summed E-state index contributed by atoms with van der Waals surface area (Å²) in [6, 6.07) is 10.1. The average Bonchev–Trinajstić information content (AvgIpc) is 2.67. The number of carbonyl (C=O) groups excluding carboxylic acids is 2. The Balaban J connectivity index is 1.93. The zero-order valence-corrected chi connectivity index (χ0v) is 15.8. The molecule has 1 N–H and O–H groups in total. The quantitative estimate of drug-likeness (QED) is 0.405. The van der Waals surface area contributed by atoms with Crippen molar-refractivity contribution in [2.75, 3.05) is 19.0 Å². The van der Waals surface area contributed by atoms with Gasteiger partial charge in [-0.2, -0.15) is 0 Å². The number of hydrogen-bond donors (Lipinski definition) is 1. The van der Waals surface area contributed by atoms with E-state index in [9.17, 15) is 19.7 Å². The van der Waals surface area contributed by atoms with E-state index in [2.05, 4.69) is 5.32 Å². The highest BCUT2D eigenvalue weighted by atomic mass is 35.5. The summed E-state index contributed by atoms with van der Waals surface area (Å²) in [5.41, 5.74) is -0.140. The van der Waals surface area contributed by atoms with E-state index in [4.69, 9.17) is 25.8 Å². The maximum atomic E-state index is 12.2. The number of nitrogens with zero attached hydrogens (tertiary/aromatic N) is 1. The molecule has 2 aromatic carbocycles. The smallest absolute Gasteiger partial charge is 0.344 e. The molecule has 1 atom stereocenters. The van der Waals surface area contributed by atoms with Gasteiger partial charge in [0.05, 0.1) is 17.7 Å². The lowest BCUT2D eigenvalue weighted by molar-refractivity contribution is -0.384. The predicted octanol–water partition coefficient (Wildman–Crippen LogP) is 3.21. The third-order valence-corrected chi connectivity index (χ3v) is 3.75. The Labute approximate surface area is 165 Å². The number of benzene rings is 2. The Morgan fingerprint density at radius 3 is 2.50 bits per heavy atom. The van der Waals surface area contributed by atoms with Crippen LogP contribution >= 0.6 is 11.6 Å². The van der Waals surface area contributed by atoms with Gasteiger partial charge in [0.1, 0.15) is 11.5 Å². The summed E-state index contributed by atoms with van der Waals surface area (Å²) in [5, 5.41) is 13.9. The number of nitrogens with one attached hydrogen (secondary N) is 1. The van der Waals surface area contributed by atoms with Crippen molar-refractivity contribution in [3.63, 3.8) is 0 Å². The number of rotatable bonds is 8. The Morgan fingerprint density at radius 2 is 1.89 bits per heavy atom. The fraction of sp³-hybridized carbons (Fsp3) is 0.222. The molecule has 148 valence electrons. The van der Waals surface area contributed by atoms with Gasteiger partial charge < -0.3 is 19.5 Å². The number of methoxy groups -OCH3 is 1. The molecule has 0 saturated carbocycles. The second kappa shape index (κ2) is 9.56. The van der Waals surface area contributed by atoms with Crippen molar-refractivity contribution in [2.24, 2.45) is 0 Å². The largest absolute Gasteiger partial charge is 0.495 e. The summed E-state index contributed by atoms with van der Waals surface area (Å²) in [6.45, 7) is 0.957. The number of halogens is 1. The fourth-order valence-corrected chi connectivity index (χ4v) is 2.23. The van der Waals surface area contributed by atoms with Gasteiger partial charge in [0.15, 0.2) is 12.7 Å². The van der Waals surface area contributed by atoms with E-state index in [0.717, 1.165) is 6.07 Å². The molecule has 28 heavy (non-hydrogen) atoms. The predicted molar refractivity (Wildman–Crippen MR) is 101 cm³/mol. The number of non-ortho nitro benzene ring substituents is 1. The minimum Gasteiger partial charge on any atom is -0.495 e. The van der Waals surface area contributed by atoms with E-state index >= 15 is 0 Å². The molecule has 2 aromatic rings. The van der Waals surface area contributed by atoms with Gasteiger partial charge in [0, 0.05) is 17.2 Å². The summed E-state index contributed by atoms with van der Waals surface area (Å²) in [4.78, 5) is 34.4. The summed E-state index contributed by atoms with van der Waals surface area (Å²) in [5.74, 6) is -0.800. The van der Waals surface area contributed by atoms with E-state index < -0.39 is 29.5 Å². The minimum absolute atomic E-state index is 0.0852. The lowest BCUT2D eigenvalue weighted by Gasteiger charge is -2.15. The first-order chi connectivity index (χ1) is 13.3. The number of carbonyl (C=O) groups is 2. The van der Waals surface area contributed by atoms with Gasteiger partial charge >= 0.3 is 5.97 Å².